The molecule has 0 aliphatic carbocycles. The van der Waals surface area contributed by atoms with Crippen LogP contribution in [0.3, 0.4) is 0 Å². The molecular weight excluding hydrogens is 286 g/mol. The van der Waals surface area contributed by atoms with Crippen molar-refractivity contribution >= 4 is 36.7 Å². The molecule has 0 spiro atoms. The van der Waals surface area contributed by atoms with Crippen molar-refractivity contribution in [2.75, 3.05) is 17.1 Å². The maximum atomic E-state index is 11.5. The van der Waals surface area contributed by atoms with E-state index in [0.717, 1.165) is 4.70 Å². The van der Waals surface area contributed by atoms with Crippen molar-refractivity contribution in [1.29, 1.82) is 5.26 Å². The highest BCUT2D eigenvalue weighted by Crippen LogP contribution is 2.29. The SMILES string of the molecule is CCOc1ccc2nc(NS(=O)(=O)CC#N)sc2c1. The number of nitriles is 1. The fourth-order valence-corrected chi connectivity index (χ4v) is 3.31. The van der Waals surface area contributed by atoms with Gasteiger partial charge in [-0.05, 0) is 25.1 Å². The van der Waals surface area contributed by atoms with E-state index < -0.39 is 15.8 Å². The number of hydrogen-bond donors (Lipinski definition) is 1. The number of thiazole rings is 1. The summed E-state index contributed by atoms with van der Waals surface area (Å²) in [5.41, 5.74) is 0.683. The molecule has 2 rings (SSSR count). The summed E-state index contributed by atoms with van der Waals surface area (Å²) in [7, 11) is -3.65. The number of ether oxygens (including phenoxy) is 1. The van der Waals surface area contributed by atoms with Crippen LogP contribution in [-0.4, -0.2) is 25.8 Å². The number of nitrogens with zero attached hydrogens (tertiary/aromatic N) is 2. The molecule has 19 heavy (non-hydrogen) atoms. The molecule has 2 aromatic rings. The van der Waals surface area contributed by atoms with Crippen LogP contribution < -0.4 is 9.46 Å². The van der Waals surface area contributed by atoms with Gasteiger partial charge in [0, 0.05) is 0 Å². The maximum absolute atomic E-state index is 11.5. The third kappa shape index (κ3) is 3.33. The van der Waals surface area contributed by atoms with Gasteiger partial charge in [-0.15, -0.1) is 0 Å². The third-order valence-corrected chi connectivity index (χ3v) is 4.24. The summed E-state index contributed by atoms with van der Waals surface area (Å²) in [6.07, 6.45) is 0. The van der Waals surface area contributed by atoms with Crippen LogP contribution in [0.15, 0.2) is 18.2 Å². The number of anilines is 1. The molecule has 0 aliphatic rings. The topological polar surface area (TPSA) is 92.1 Å². The van der Waals surface area contributed by atoms with Crippen molar-refractivity contribution < 1.29 is 13.2 Å². The molecule has 0 atom stereocenters. The highest BCUT2D eigenvalue weighted by molar-refractivity contribution is 7.93. The molecule has 0 bridgehead atoms. The highest BCUT2D eigenvalue weighted by Gasteiger charge is 2.13. The van der Waals surface area contributed by atoms with E-state index >= 15 is 0 Å². The van der Waals surface area contributed by atoms with Gasteiger partial charge in [0.2, 0.25) is 10.0 Å². The fourth-order valence-electron chi connectivity index (χ4n) is 1.46. The molecule has 6 nitrogen and oxygen atoms in total. The zero-order valence-corrected chi connectivity index (χ0v) is 11.7. The Morgan fingerprint density at radius 3 is 3.00 bits per heavy atom. The molecule has 0 aliphatic heterocycles. The molecule has 1 aromatic carbocycles. The lowest BCUT2D eigenvalue weighted by atomic mass is 10.3. The van der Waals surface area contributed by atoms with Gasteiger partial charge in [-0.2, -0.15) is 5.26 Å². The van der Waals surface area contributed by atoms with Crippen molar-refractivity contribution in [3.8, 4) is 11.8 Å². The minimum Gasteiger partial charge on any atom is -0.494 e. The number of sulfonamides is 1. The molecule has 1 aromatic heterocycles. The molecule has 0 radical (unpaired) electrons. The first-order valence-corrected chi connectivity index (χ1v) is 7.92. The first-order valence-electron chi connectivity index (χ1n) is 5.45. The van der Waals surface area contributed by atoms with Crippen LogP contribution >= 0.6 is 11.3 Å². The van der Waals surface area contributed by atoms with Crippen LogP contribution in [0, 0.1) is 11.3 Å². The molecule has 8 heteroatoms. The van der Waals surface area contributed by atoms with E-state index in [0.29, 0.717) is 17.9 Å². The second kappa shape index (κ2) is 5.42. The number of rotatable bonds is 5. The van der Waals surface area contributed by atoms with Gasteiger partial charge in [-0.3, -0.25) is 4.72 Å². The van der Waals surface area contributed by atoms with E-state index in [4.69, 9.17) is 10.00 Å². The second-order valence-electron chi connectivity index (χ2n) is 3.60. The average Bonchev–Trinajstić information content (AvgIpc) is 2.69. The van der Waals surface area contributed by atoms with Crippen molar-refractivity contribution in [3.63, 3.8) is 0 Å². The van der Waals surface area contributed by atoms with Gasteiger partial charge < -0.3 is 4.74 Å². The Morgan fingerprint density at radius 2 is 2.32 bits per heavy atom. The van der Waals surface area contributed by atoms with E-state index in [2.05, 4.69) is 9.71 Å². The molecule has 100 valence electrons. The van der Waals surface area contributed by atoms with Crippen molar-refractivity contribution in [3.05, 3.63) is 18.2 Å². The summed E-state index contributed by atoms with van der Waals surface area (Å²) in [4.78, 5) is 4.14. The number of benzene rings is 1. The lowest BCUT2D eigenvalue weighted by Crippen LogP contribution is -2.15. The predicted molar refractivity (Wildman–Crippen MR) is 73.8 cm³/mol. The molecule has 0 saturated heterocycles. The van der Waals surface area contributed by atoms with Crippen LogP contribution in [0.1, 0.15) is 6.92 Å². The molecule has 0 amide bonds. The summed E-state index contributed by atoms with van der Waals surface area (Å²) in [5, 5.41) is 8.66. The van der Waals surface area contributed by atoms with E-state index in [1.54, 1.807) is 24.3 Å². The van der Waals surface area contributed by atoms with Gasteiger partial charge in [0.1, 0.15) is 5.75 Å². The first-order chi connectivity index (χ1) is 9.04. The van der Waals surface area contributed by atoms with Gasteiger partial charge in [0.15, 0.2) is 10.9 Å². The largest absolute Gasteiger partial charge is 0.494 e. The molecule has 0 unspecified atom stereocenters. The molecule has 1 heterocycles. The predicted octanol–water partition coefficient (Wildman–Crippen LogP) is 1.96. The maximum Gasteiger partial charge on any atom is 0.247 e. The van der Waals surface area contributed by atoms with Crippen LogP contribution in [0.4, 0.5) is 5.13 Å². The van der Waals surface area contributed by atoms with Gasteiger partial charge in [-0.25, -0.2) is 13.4 Å². The Bertz CT molecular complexity index is 731. The second-order valence-corrected chi connectivity index (χ2v) is 6.35. The van der Waals surface area contributed by atoms with Crippen molar-refractivity contribution in [2.24, 2.45) is 0 Å². The lowest BCUT2D eigenvalue weighted by molar-refractivity contribution is 0.341. The summed E-state index contributed by atoms with van der Waals surface area (Å²) < 4.78 is 31.4. The van der Waals surface area contributed by atoms with Gasteiger partial charge in [0.25, 0.3) is 0 Å². The zero-order valence-electron chi connectivity index (χ0n) is 10.1. The highest BCUT2D eigenvalue weighted by atomic mass is 32.2. The van der Waals surface area contributed by atoms with E-state index in [1.807, 2.05) is 6.92 Å². The van der Waals surface area contributed by atoms with Gasteiger partial charge >= 0.3 is 0 Å². The standard InChI is InChI=1S/C11H11N3O3S2/c1-2-17-8-3-4-9-10(7-8)18-11(13-9)14-19(15,16)6-5-12/h3-4,7H,2,6H2,1H3,(H,13,14). The molecule has 0 fully saturated rings. The quantitative estimate of drug-likeness (QED) is 0.910. The smallest absolute Gasteiger partial charge is 0.247 e. The Labute approximate surface area is 114 Å². The normalized spacial score (nSPS) is 11.2. The van der Waals surface area contributed by atoms with E-state index in [-0.39, 0.29) is 5.13 Å². The molecule has 1 N–H and O–H groups in total. The third-order valence-electron chi connectivity index (χ3n) is 2.17. The Hall–Kier alpha value is -1.85. The fraction of sp³-hybridized carbons (Fsp3) is 0.273. The Balaban J connectivity index is 2.29. The summed E-state index contributed by atoms with van der Waals surface area (Å²) in [6.45, 7) is 2.45. The van der Waals surface area contributed by atoms with Crippen LogP contribution in [0.25, 0.3) is 10.2 Å². The average molecular weight is 297 g/mol. The van der Waals surface area contributed by atoms with Crippen molar-refractivity contribution in [2.45, 2.75) is 6.92 Å². The van der Waals surface area contributed by atoms with Gasteiger partial charge in [0.05, 0.1) is 22.9 Å². The molecular formula is C11H11N3O3S2. The number of hydrogen-bond acceptors (Lipinski definition) is 6. The first kappa shape index (κ1) is 13.6. The van der Waals surface area contributed by atoms with Crippen LogP contribution in [-0.2, 0) is 10.0 Å². The monoisotopic (exact) mass is 297 g/mol. The lowest BCUT2D eigenvalue weighted by Gasteiger charge is -2.00. The van der Waals surface area contributed by atoms with Crippen molar-refractivity contribution in [1.82, 2.24) is 4.98 Å². The summed E-state index contributed by atoms with van der Waals surface area (Å²) in [5.74, 6) is 0.123. The minimum absolute atomic E-state index is 0.249. The summed E-state index contributed by atoms with van der Waals surface area (Å²) in [6, 6.07) is 6.94. The summed E-state index contributed by atoms with van der Waals surface area (Å²) >= 11 is 1.20. The number of fused-ring (bicyclic) bond motifs is 1. The van der Waals surface area contributed by atoms with E-state index in [1.165, 1.54) is 11.3 Å². The van der Waals surface area contributed by atoms with Crippen LogP contribution in [0.2, 0.25) is 0 Å². The number of aromatic nitrogens is 1. The van der Waals surface area contributed by atoms with E-state index in [9.17, 15) is 8.42 Å². The van der Waals surface area contributed by atoms with Gasteiger partial charge in [-0.1, -0.05) is 11.3 Å². The number of nitrogens with one attached hydrogen (secondary N) is 1. The minimum atomic E-state index is -3.65. The molecule has 0 saturated carbocycles. The Kier molecular flexibility index (Phi) is 3.87. The Morgan fingerprint density at radius 1 is 1.53 bits per heavy atom. The zero-order chi connectivity index (χ0) is 13.9. The van der Waals surface area contributed by atoms with Crippen LogP contribution in [0.5, 0.6) is 5.75 Å².